The van der Waals surface area contributed by atoms with E-state index >= 15 is 0 Å². The minimum atomic E-state index is -0.502. The van der Waals surface area contributed by atoms with Gasteiger partial charge in [-0.25, -0.2) is 4.68 Å². The fourth-order valence-corrected chi connectivity index (χ4v) is 4.34. The predicted octanol–water partition coefficient (Wildman–Crippen LogP) is 4.88. The summed E-state index contributed by atoms with van der Waals surface area (Å²) in [7, 11) is 0. The van der Waals surface area contributed by atoms with Crippen LogP contribution in [0.5, 0.6) is 0 Å². The third-order valence-electron chi connectivity index (χ3n) is 5.99. The van der Waals surface area contributed by atoms with Crippen molar-refractivity contribution in [1.29, 1.82) is 0 Å². The maximum atomic E-state index is 13.7. The largest absolute Gasteiger partial charge is 0.270 e. The van der Waals surface area contributed by atoms with Gasteiger partial charge in [0, 0.05) is 17.7 Å². The molecule has 3 aromatic carbocycles. The van der Waals surface area contributed by atoms with Gasteiger partial charge in [-0.15, -0.1) is 0 Å². The maximum Gasteiger partial charge on any atom is 0.270 e. The molecular weight excluding hydrogens is 418 g/mol. The summed E-state index contributed by atoms with van der Waals surface area (Å²) in [5, 5.41) is 15.7. The molecule has 0 radical (unpaired) electrons. The molecule has 8 heteroatoms. The standard InChI is InChI=1S/C25H21N5O3/c1-17-10-12-19(13-11-17)23-15-22(18-6-3-2-4-7-18)28(25-26-16-27-29(23)25)24(31)20-8-5-9-21(14-20)30(32)33/h2-14,16,22-23H,15H2,1H3/t22-,23+/m1/s1. The fraction of sp³-hybridized carbons (Fsp3) is 0.160. The highest BCUT2D eigenvalue weighted by atomic mass is 16.6. The van der Waals surface area contributed by atoms with Crippen molar-refractivity contribution in [2.75, 3.05) is 4.90 Å². The number of rotatable bonds is 4. The number of hydrogen-bond donors (Lipinski definition) is 0. The van der Waals surface area contributed by atoms with Gasteiger partial charge in [0.05, 0.1) is 17.0 Å². The van der Waals surface area contributed by atoms with E-state index in [-0.39, 0.29) is 29.2 Å². The lowest BCUT2D eigenvalue weighted by Crippen LogP contribution is -2.42. The number of hydrogen-bond acceptors (Lipinski definition) is 5. The lowest BCUT2D eigenvalue weighted by molar-refractivity contribution is -0.384. The molecule has 164 valence electrons. The molecule has 0 unspecified atom stereocenters. The number of carbonyl (C=O) groups excluding carboxylic acids is 1. The topological polar surface area (TPSA) is 94.2 Å². The number of amides is 1. The number of aryl methyl sites for hydroxylation is 1. The van der Waals surface area contributed by atoms with Crippen LogP contribution in [0.2, 0.25) is 0 Å². The minimum absolute atomic E-state index is 0.109. The summed E-state index contributed by atoms with van der Waals surface area (Å²) in [6.45, 7) is 2.04. The van der Waals surface area contributed by atoms with Gasteiger partial charge in [-0.3, -0.25) is 19.8 Å². The number of fused-ring (bicyclic) bond motifs is 1. The number of aromatic nitrogens is 3. The Morgan fingerprint density at radius 1 is 0.970 bits per heavy atom. The number of non-ortho nitro benzene ring substituents is 1. The van der Waals surface area contributed by atoms with Crippen LogP contribution in [0.3, 0.4) is 0 Å². The van der Waals surface area contributed by atoms with E-state index in [1.54, 1.807) is 15.6 Å². The van der Waals surface area contributed by atoms with Crippen LogP contribution in [0.15, 0.2) is 85.2 Å². The van der Waals surface area contributed by atoms with Crippen molar-refractivity contribution in [2.24, 2.45) is 0 Å². The molecule has 33 heavy (non-hydrogen) atoms. The van der Waals surface area contributed by atoms with E-state index in [0.717, 1.165) is 16.7 Å². The first-order valence-corrected chi connectivity index (χ1v) is 10.6. The van der Waals surface area contributed by atoms with Crippen molar-refractivity contribution < 1.29 is 9.72 Å². The average molecular weight is 439 g/mol. The number of nitrogens with zero attached hydrogens (tertiary/aromatic N) is 5. The van der Waals surface area contributed by atoms with Crippen molar-refractivity contribution in [3.8, 4) is 0 Å². The molecule has 5 rings (SSSR count). The molecule has 1 aliphatic rings. The third-order valence-corrected chi connectivity index (χ3v) is 5.99. The summed E-state index contributed by atoms with van der Waals surface area (Å²) >= 11 is 0. The van der Waals surface area contributed by atoms with Gasteiger partial charge in [0.1, 0.15) is 6.33 Å². The van der Waals surface area contributed by atoms with E-state index in [4.69, 9.17) is 0 Å². The van der Waals surface area contributed by atoms with Gasteiger partial charge in [0.15, 0.2) is 0 Å². The number of anilines is 1. The summed E-state index contributed by atoms with van der Waals surface area (Å²) in [6, 6.07) is 23.4. The molecule has 0 N–H and O–H groups in total. The first-order chi connectivity index (χ1) is 16.0. The van der Waals surface area contributed by atoms with E-state index in [9.17, 15) is 14.9 Å². The fourth-order valence-electron chi connectivity index (χ4n) is 4.34. The molecule has 0 aliphatic carbocycles. The van der Waals surface area contributed by atoms with Crippen LogP contribution in [0, 0.1) is 17.0 Å². The lowest BCUT2D eigenvalue weighted by atomic mass is 9.91. The molecule has 2 heterocycles. The van der Waals surface area contributed by atoms with E-state index in [0.29, 0.717) is 12.4 Å². The van der Waals surface area contributed by atoms with Crippen LogP contribution in [-0.4, -0.2) is 25.6 Å². The molecule has 0 spiro atoms. The zero-order valence-corrected chi connectivity index (χ0v) is 17.9. The summed E-state index contributed by atoms with van der Waals surface area (Å²) in [5.74, 6) is 0.0568. The predicted molar refractivity (Wildman–Crippen MR) is 123 cm³/mol. The molecule has 1 aliphatic heterocycles. The summed E-state index contributed by atoms with van der Waals surface area (Å²) in [4.78, 5) is 30.5. The number of nitro groups is 1. The smallest absolute Gasteiger partial charge is 0.269 e. The quantitative estimate of drug-likeness (QED) is 0.334. The zero-order chi connectivity index (χ0) is 22.9. The molecule has 1 aromatic heterocycles. The first kappa shape index (κ1) is 20.6. The van der Waals surface area contributed by atoms with Crippen LogP contribution in [0.4, 0.5) is 11.6 Å². The summed E-state index contributed by atoms with van der Waals surface area (Å²) < 4.78 is 1.76. The van der Waals surface area contributed by atoms with Gasteiger partial charge in [0.25, 0.3) is 11.6 Å². The second-order valence-corrected chi connectivity index (χ2v) is 8.08. The van der Waals surface area contributed by atoms with Crippen molar-refractivity contribution in [1.82, 2.24) is 14.8 Å². The highest BCUT2D eigenvalue weighted by Gasteiger charge is 2.39. The normalized spacial score (nSPS) is 17.4. The SMILES string of the molecule is Cc1ccc([C@@H]2C[C@H](c3ccccc3)N(C(=O)c3cccc([N+](=O)[O-])c3)c3ncnn32)cc1. The Balaban J connectivity index is 1.64. The van der Waals surface area contributed by atoms with Crippen LogP contribution in [0.25, 0.3) is 0 Å². The molecule has 1 amide bonds. The summed E-state index contributed by atoms with van der Waals surface area (Å²) in [6.07, 6.45) is 2.03. The van der Waals surface area contributed by atoms with E-state index in [1.807, 2.05) is 37.3 Å². The third kappa shape index (κ3) is 3.76. The van der Waals surface area contributed by atoms with Gasteiger partial charge >= 0.3 is 0 Å². The van der Waals surface area contributed by atoms with Crippen molar-refractivity contribution in [3.63, 3.8) is 0 Å². The lowest BCUT2D eigenvalue weighted by Gasteiger charge is -2.39. The second kappa shape index (κ2) is 8.31. The summed E-state index contributed by atoms with van der Waals surface area (Å²) in [5.41, 5.74) is 3.30. The maximum absolute atomic E-state index is 13.7. The molecule has 0 saturated carbocycles. The number of benzene rings is 3. The molecule has 0 saturated heterocycles. The Bertz CT molecular complexity index is 1320. The van der Waals surface area contributed by atoms with Crippen molar-refractivity contribution in [3.05, 3.63) is 118 Å². The van der Waals surface area contributed by atoms with Gasteiger partial charge in [0.2, 0.25) is 5.95 Å². The number of nitro benzene ring substituents is 1. The minimum Gasteiger partial charge on any atom is -0.269 e. The highest BCUT2D eigenvalue weighted by Crippen LogP contribution is 2.42. The molecule has 2 atom stereocenters. The molecule has 0 bridgehead atoms. The highest BCUT2D eigenvalue weighted by molar-refractivity contribution is 6.06. The molecule has 8 nitrogen and oxygen atoms in total. The monoisotopic (exact) mass is 439 g/mol. The van der Waals surface area contributed by atoms with E-state index in [2.05, 4.69) is 34.3 Å². The Labute approximate surface area is 190 Å². The molecule has 0 fully saturated rings. The Morgan fingerprint density at radius 3 is 2.42 bits per heavy atom. The van der Waals surface area contributed by atoms with Crippen molar-refractivity contribution >= 4 is 17.5 Å². The number of carbonyl (C=O) groups is 1. The van der Waals surface area contributed by atoms with Crippen LogP contribution in [0.1, 0.15) is 45.6 Å². The van der Waals surface area contributed by atoms with Crippen LogP contribution >= 0.6 is 0 Å². The Kier molecular flexibility index (Phi) is 5.18. The van der Waals surface area contributed by atoms with Gasteiger partial charge in [-0.1, -0.05) is 66.2 Å². The van der Waals surface area contributed by atoms with Crippen LogP contribution < -0.4 is 4.90 Å². The molecular formula is C25H21N5O3. The van der Waals surface area contributed by atoms with Crippen molar-refractivity contribution in [2.45, 2.75) is 25.4 Å². The van der Waals surface area contributed by atoms with Gasteiger partial charge < -0.3 is 0 Å². The van der Waals surface area contributed by atoms with Crippen LogP contribution in [-0.2, 0) is 0 Å². The van der Waals surface area contributed by atoms with E-state index < -0.39 is 4.92 Å². The Morgan fingerprint density at radius 2 is 1.70 bits per heavy atom. The first-order valence-electron chi connectivity index (χ1n) is 10.6. The van der Waals surface area contributed by atoms with Gasteiger partial charge in [-0.05, 0) is 30.5 Å². The molecule has 4 aromatic rings. The zero-order valence-electron chi connectivity index (χ0n) is 17.9. The Hall–Kier alpha value is -4.33. The van der Waals surface area contributed by atoms with Gasteiger partial charge in [-0.2, -0.15) is 10.1 Å². The second-order valence-electron chi connectivity index (χ2n) is 8.08. The average Bonchev–Trinajstić information content (AvgIpc) is 3.34. The van der Waals surface area contributed by atoms with E-state index in [1.165, 1.54) is 24.5 Å².